The average Bonchev–Trinajstić information content (AvgIpc) is 2.67. The maximum atomic E-state index is 12.9. The van der Waals surface area contributed by atoms with Crippen LogP contribution in [0.5, 0.6) is 0 Å². The van der Waals surface area contributed by atoms with Gasteiger partial charge in [0.1, 0.15) is 12.2 Å². The summed E-state index contributed by atoms with van der Waals surface area (Å²) in [5.74, 6) is 0.163. The molecule has 0 aliphatic heterocycles. The van der Waals surface area contributed by atoms with Gasteiger partial charge in [0, 0.05) is 5.56 Å². The summed E-state index contributed by atoms with van der Waals surface area (Å²) in [5.41, 5.74) is 0.530. The van der Waals surface area contributed by atoms with Gasteiger partial charge in [0.25, 0.3) is 0 Å². The van der Waals surface area contributed by atoms with Gasteiger partial charge < -0.3 is 4.52 Å². The van der Waals surface area contributed by atoms with E-state index in [-0.39, 0.29) is 18.1 Å². The minimum Gasteiger partial charge on any atom is -0.338 e. The number of hydrogen-bond donors (Lipinski definition) is 0. The molecular formula is C10H6FN3O. The molecule has 0 bridgehead atoms. The Morgan fingerprint density at radius 3 is 3.07 bits per heavy atom. The molecule has 0 spiro atoms. The summed E-state index contributed by atoms with van der Waals surface area (Å²) in [6.07, 6.45) is 0.0579. The van der Waals surface area contributed by atoms with E-state index in [4.69, 9.17) is 9.78 Å². The number of halogens is 1. The molecule has 0 amide bonds. The fraction of sp³-hybridized carbons (Fsp3) is 0.100. The standard InChI is InChI=1S/C10H6FN3O/c11-8-3-1-2-7(6-8)10-13-9(4-5-12)15-14-10/h1-3,6H,4H2. The van der Waals surface area contributed by atoms with Gasteiger partial charge in [-0.1, -0.05) is 17.3 Å². The molecule has 15 heavy (non-hydrogen) atoms. The number of rotatable bonds is 2. The molecule has 4 nitrogen and oxygen atoms in total. The van der Waals surface area contributed by atoms with Crippen molar-refractivity contribution in [3.05, 3.63) is 36.0 Å². The smallest absolute Gasteiger partial charge is 0.241 e. The molecule has 1 aromatic heterocycles. The molecule has 0 aliphatic rings. The third kappa shape index (κ3) is 1.99. The normalized spacial score (nSPS) is 9.87. The molecule has 74 valence electrons. The molecular weight excluding hydrogens is 197 g/mol. The molecule has 1 aromatic carbocycles. The van der Waals surface area contributed by atoms with Crippen molar-refractivity contribution in [3.63, 3.8) is 0 Å². The van der Waals surface area contributed by atoms with Crippen molar-refractivity contribution >= 4 is 0 Å². The molecule has 1 heterocycles. The average molecular weight is 203 g/mol. The van der Waals surface area contributed by atoms with Gasteiger partial charge in [0.15, 0.2) is 0 Å². The first-order valence-electron chi connectivity index (χ1n) is 4.25. The highest BCUT2D eigenvalue weighted by atomic mass is 19.1. The van der Waals surface area contributed by atoms with Gasteiger partial charge in [0.2, 0.25) is 11.7 Å². The highest BCUT2D eigenvalue weighted by Gasteiger charge is 2.08. The Morgan fingerprint density at radius 1 is 1.47 bits per heavy atom. The molecule has 0 atom stereocenters. The fourth-order valence-electron chi connectivity index (χ4n) is 1.14. The molecule has 0 fully saturated rings. The fourth-order valence-corrected chi connectivity index (χ4v) is 1.14. The number of aromatic nitrogens is 2. The molecule has 0 saturated heterocycles. The molecule has 0 aliphatic carbocycles. The third-order valence-corrected chi connectivity index (χ3v) is 1.78. The lowest BCUT2D eigenvalue weighted by molar-refractivity contribution is 0.388. The van der Waals surface area contributed by atoms with Crippen LogP contribution in [-0.4, -0.2) is 10.1 Å². The van der Waals surface area contributed by atoms with Crippen LogP contribution in [0.2, 0.25) is 0 Å². The number of benzene rings is 1. The number of hydrogen-bond acceptors (Lipinski definition) is 4. The van der Waals surface area contributed by atoms with Crippen molar-refractivity contribution in [3.8, 4) is 17.5 Å². The zero-order valence-corrected chi connectivity index (χ0v) is 7.64. The lowest BCUT2D eigenvalue weighted by Gasteiger charge is -1.92. The highest BCUT2D eigenvalue weighted by molar-refractivity contribution is 5.53. The van der Waals surface area contributed by atoms with Crippen LogP contribution in [0.4, 0.5) is 4.39 Å². The topological polar surface area (TPSA) is 62.7 Å². The van der Waals surface area contributed by atoms with Crippen LogP contribution in [0.3, 0.4) is 0 Å². The zero-order valence-electron chi connectivity index (χ0n) is 7.64. The van der Waals surface area contributed by atoms with E-state index in [0.717, 1.165) is 0 Å². The first kappa shape index (κ1) is 9.34. The number of nitrogens with zero attached hydrogens (tertiary/aromatic N) is 3. The van der Waals surface area contributed by atoms with E-state index >= 15 is 0 Å². The Morgan fingerprint density at radius 2 is 2.33 bits per heavy atom. The Bertz CT molecular complexity index is 515. The van der Waals surface area contributed by atoms with Gasteiger partial charge in [-0.25, -0.2) is 4.39 Å². The quantitative estimate of drug-likeness (QED) is 0.748. The van der Waals surface area contributed by atoms with Crippen LogP contribution < -0.4 is 0 Å². The van der Waals surface area contributed by atoms with E-state index in [1.807, 2.05) is 6.07 Å². The van der Waals surface area contributed by atoms with Crippen LogP contribution in [-0.2, 0) is 6.42 Å². The summed E-state index contributed by atoms with van der Waals surface area (Å²) in [5, 5.41) is 12.0. The first-order chi connectivity index (χ1) is 7.29. The van der Waals surface area contributed by atoms with Gasteiger partial charge in [0.05, 0.1) is 6.07 Å². The van der Waals surface area contributed by atoms with Crippen LogP contribution in [0, 0.1) is 17.1 Å². The summed E-state index contributed by atoms with van der Waals surface area (Å²) < 4.78 is 17.7. The zero-order chi connectivity index (χ0) is 10.7. The monoisotopic (exact) mass is 203 g/mol. The predicted molar refractivity (Wildman–Crippen MR) is 49.0 cm³/mol. The second-order valence-corrected chi connectivity index (χ2v) is 2.86. The van der Waals surface area contributed by atoms with E-state index in [2.05, 4.69) is 10.1 Å². The number of nitriles is 1. The van der Waals surface area contributed by atoms with Gasteiger partial charge in [-0.2, -0.15) is 10.2 Å². The summed E-state index contributed by atoms with van der Waals surface area (Å²) in [6, 6.07) is 7.76. The van der Waals surface area contributed by atoms with Crippen molar-refractivity contribution in [2.45, 2.75) is 6.42 Å². The molecule has 2 rings (SSSR count). The molecule has 0 saturated carbocycles. The summed E-state index contributed by atoms with van der Waals surface area (Å²) in [7, 11) is 0. The van der Waals surface area contributed by atoms with E-state index in [1.54, 1.807) is 12.1 Å². The second-order valence-electron chi connectivity index (χ2n) is 2.86. The largest absolute Gasteiger partial charge is 0.338 e. The lowest BCUT2D eigenvalue weighted by atomic mass is 10.2. The van der Waals surface area contributed by atoms with Gasteiger partial charge in [-0.3, -0.25) is 0 Å². The first-order valence-corrected chi connectivity index (χ1v) is 4.25. The minimum absolute atomic E-state index is 0.0579. The van der Waals surface area contributed by atoms with E-state index in [1.165, 1.54) is 12.1 Å². The summed E-state index contributed by atoms with van der Waals surface area (Å²) in [4.78, 5) is 3.94. The Kier molecular flexibility index (Phi) is 2.42. The van der Waals surface area contributed by atoms with Crippen molar-refractivity contribution in [1.82, 2.24) is 10.1 Å². The van der Waals surface area contributed by atoms with E-state index in [0.29, 0.717) is 11.4 Å². The van der Waals surface area contributed by atoms with E-state index < -0.39 is 0 Å². The SMILES string of the molecule is N#CCc1nc(-c2cccc(F)c2)no1. The molecule has 0 N–H and O–H groups in total. The molecule has 5 heteroatoms. The summed E-state index contributed by atoms with van der Waals surface area (Å²) >= 11 is 0. The Labute approximate surface area is 85.0 Å². The van der Waals surface area contributed by atoms with Crippen molar-refractivity contribution in [2.75, 3.05) is 0 Å². The minimum atomic E-state index is -0.362. The lowest BCUT2D eigenvalue weighted by Crippen LogP contribution is -1.83. The maximum absolute atomic E-state index is 12.9. The van der Waals surface area contributed by atoms with Crippen LogP contribution in [0.25, 0.3) is 11.4 Å². The Balaban J connectivity index is 2.34. The molecule has 2 aromatic rings. The second kappa shape index (κ2) is 3.88. The third-order valence-electron chi connectivity index (χ3n) is 1.78. The highest BCUT2D eigenvalue weighted by Crippen LogP contribution is 2.16. The molecule has 0 unspecified atom stereocenters. The van der Waals surface area contributed by atoms with Crippen LogP contribution in [0.15, 0.2) is 28.8 Å². The van der Waals surface area contributed by atoms with Gasteiger partial charge in [-0.05, 0) is 12.1 Å². The van der Waals surface area contributed by atoms with Gasteiger partial charge >= 0.3 is 0 Å². The summed E-state index contributed by atoms with van der Waals surface area (Å²) in [6.45, 7) is 0. The van der Waals surface area contributed by atoms with E-state index in [9.17, 15) is 4.39 Å². The van der Waals surface area contributed by atoms with Gasteiger partial charge in [-0.15, -0.1) is 0 Å². The van der Waals surface area contributed by atoms with Crippen molar-refractivity contribution < 1.29 is 8.91 Å². The van der Waals surface area contributed by atoms with Crippen molar-refractivity contribution in [2.24, 2.45) is 0 Å². The Hall–Kier alpha value is -2.22. The molecule has 0 radical (unpaired) electrons. The van der Waals surface area contributed by atoms with Crippen molar-refractivity contribution in [1.29, 1.82) is 5.26 Å². The van der Waals surface area contributed by atoms with Crippen LogP contribution in [0.1, 0.15) is 5.89 Å². The maximum Gasteiger partial charge on any atom is 0.241 e. The predicted octanol–water partition coefficient (Wildman–Crippen LogP) is 1.94. The van der Waals surface area contributed by atoms with Crippen LogP contribution >= 0.6 is 0 Å².